The number of carbonyl (C=O) groups excluding carboxylic acids is 5. The predicted molar refractivity (Wildman–Crippen MR) is 112 cm³/mol. The molecule has 35 heavy (non-hydrogen) atoms. The van der Waals surface area contributed by atoms with Gasteiger partial charge in [-0.3, -0.25) is 19.2 Å². The van der Waals surface area contributed by atoms with Gasteiger partial charge in [0.25, 0.3) is 0 Å². The Morgan fingerprint density at radius 3 is 2.40 bits per heavy atom. The van der Waals surface area contributed by atoms with Gasteiger partial charge in [0.1, 0.15) is 12.2 Å². The van der Waals surface area contributed by atoms with Crippen molar-refractivity contribution < 1.29 is 52.8 Å². The fourth-order valence-corrected chi connectivity index (χ4v) is 7.01. The van der Waals surface area contributed by atoms with Crippen molar-refractivity contribution in [3.63, 3.8) is 0 Å². The first-order valence-corrected chi connectivity index (χ1v) is 11.5. The number of aliphatic hydroxyl groups is 1. The van der Waals surface area contributed by atoms with Crippen molar-refractivity contribution in [2.45, 2.75) is 58.2 Å². The van der Waals surface area contributed by atoms with Crippen LogP contribution in [-0.2, 0) is 47.7 Å². The third-order valence-corrected chi connectivity index (χ3v) is 8.22. The molecule has 0 aromatic carbocycles. The van der Waals surface area contributed by atoms with Crippen LogP contribution in [0.4, 0.5) is 0 Å². The topological polar surface area (TPSA) is 152 Å². The molecule has 2 aliphatic carbocycles. The van der Waals surface area contributed by atoms with Crippen LogP contribution in [0.3, 0.4) is 0 Å². The summed E-state index contributed by atoms with van der Waals surface area (Å²) in [5.41, 5.74) is -2.22. The van der Waals surface area contributed by atoms with E-state index in [0.717, 1.165) is 6.08 Å². The summed E-state index contributed by atoms with van der Waals surface area (Å²) in [6.07, 6.45) is 0.150. The molecule has 5 aliphatic rings. The summed E-state index contributed by atoms with van der Waals surface area (Å²) in [6, 6.07) is 0. The maximum Gasteiger partial charge on any atom is 0.340 e. The van der Waals surface area contributed by atoms with Crippen molar-refractivity contribution in [1.82, 2.24) is 0 Å². The molecule has 3 fully saturated rings. The van der Waals surface area contributed by atoms with Crippen LogP contribution < -0.4 is 0 Å². The molecule has 0 aromatic heterocycles. The highest BCUT2D eigenvalue weighted by atomic mass is 16.6. The van der Waals surface area contributed by atoms with Gasteiger partial charge in [0.05, 0.1) is 24.0 Å². The van der Waals surface area contributed by atoms with Crippen molar-refractivity contribution in [2.24, 2.45) is 28.6 Å². The molecule has 9 atom stereocenters. The van der Waals surface area contributed by atoms with Gasteiger partial charge < -0.3 is 28.8 Å². The number of hydrogen-bond acceptors (Lipinski definition) is 11. The lowest BCUT2D eigenvalue weighted by atomic mass is 9.43. The maximum atomic E-state index is 13.3. The third-order valence-electron chi connectivity index (χ3n) is 8.22. The van der Waals surface area contributed by atoms with Gasteiger partial charge in [-0.25, -0.2) is 4.79 Å². The van der Waals surface area contributed by atoms with E-state index in [-0.39, 0.29) is 12.2 Å². The summed E-state index contributed by atoms with van der Waals surface area (Å²) in [5, 5.41) is 9.82. The Hall–Kier alpha value is -3.21. The van der Waals surface area contributed by atoms with Crippen molar-refractivity contribution in [3.05, 3.63) is 23.8 Å². The number of hydrogen-bond donors (Lipinski definition) is 1. The second kappa shape index (κ2) is 7.91. The molecule has 1 saturated carbocycles. The Morgan fingerprint density at radius 2 is 1.77 bits per heavy atom. The molecule has 0 amide bonds. The molecular weight excluding hydrogens is 464 g/mol. The standard InChI is InChI=1S/C24H26O11/c1-10(25)32-15-5-4-14-21(29)31-9-24(14)7-6-13-22(30)35-17(12-8-16(27)34-20(12)28)19(33-11(2)26)23(13,3)18(15)24/h4-5,8,13-19,27H,6-7,9H2,1-3H3/t13-,14-,15+,16?,17-,18+,19-,23-,24+/m0/s1. The first-order chi connectivity index (χ1) is 16.5. The predicted octanol–water partition coefficient (Wildman–Crippen LogP) is 0.338. The first-order valence-electron chi connectivity index (χ1n) is 11.5. The fourth-order valence-electron chi connectivity index (χ4n) is 7.01. The Labute approximate surface area is 200 Å². The van der Waals surface area contributed by atoms with Crippen LogP contribution in [0.15, 0.2) is 23.8 Å². The third kappa shape index (κ3) is 3.31. The SMILES string of the molecule is CC(=O)O[C@@H]1C=C[C@H]2C(=O)OC[C@]23CC[C@H]2C(=O)O[C@@H](C4=CC(O)OC4=O)[C@H](OC(C)=O)[C@]2(C)[C@@H]13. The fraction of sp³-hybridized carbons (Fsp3) is 0.625. The molecule has 3 aliphatic heterocycles. The summed E-state index contributed by atoms with van der Waals surface area (Å²) in [5.74, 6) is -5.31. The van der Waals surface area contributed by atoms with E-state index in [1.807, 2.05) is 0 Å². The lowest BCUT2D eigenvalue weighted by molar-refractivity contribution is -0.245. The van der Waals surface area contributed by atoms with Gasteiger partial charge in [-0.2, -0.15) is 0 Å². The number of rotatable bonds is 3. The summed E-state index contributed by atoms with van der Waals surface area (Å²) in [7, 11) is 0. The lowest BCUT2D eigenvalue weighted by Crippen LogP contribution is -2.69. The summed E-state index contributed by atoms with van der Waals surface area (Å²) < 4.78 is 27.3. The Morgan fingerprint density at radius 1 is 1.06 bits per heavy atom. The van der Waals surface area contributed by atoms with E-state index in [9.17, 15) is 29.1 Å². The van der Waals surface area contributed by atoms with Gasteiger partial charge in [-0.05, 0) is 25.0 Å². The Balaban J connectivity index is 1.70. The summed E-state index contributed by atoms with van der Waals surface area (Å²) in [6.45, 7) is 4.22. The van der Waals surface area contributed by atoms with E-state index in [4.69, 9.17) is 23.7 Å². The zero-order chi connectivity index (χ0) is 25.3. The zero-order valence-electron chi connectivity index (χ0n) is 19.4. The maximum absolute atomic E-state index is 13.3. The van der Waals surface area contributed by atoms with E-state index in [1.54, 1.807) is 19.1 Å². The molecule has 0 bridgehead atoms. The molecule has 11 heteroatoms. The van der Waals surface area contributed by atoms with Crippen LogP contribution in [0.1, 0.15) is 33.6 Å². The highest BCUT2D eigenvalue weighted by molar-refractivity contribution is 5.93. The highest BCUT2D eigenvalue weighted by Crippen LogP contribution is 2.66. The lowest BCUT2D eigenvalue weighted by Gasteiger charge is -2.62. The van der Waals surface area contributed by atoms with Crippen molar-refractivity contribution in [1.29, 1.82) is 0 Å². The minimum Gasteiger partial charge on any atom is -0.465 e. The van der Waals surface area contributed by atoms with Crippen molar-refractivity contribution >= 4 is 29.8 Å². The number of ether oxygens (including phenoxy) is 5. The Bertz CT molecular complexity index is 1080. The van der Waals surface area contributed by atoms with Crippen LogP contribution in [0.5, 0.6) is 0 Å². The number of fused-ring (bicyclic) bond motifs is 2. The molecule has 0 radical (unpaired) electrons. The number of esters is 5. The van der Waals surface area contributed by atoms with Crippen LogP contribution in [0.25, 0.3) is 0 Å². The average Bonchev–Trinajstić information content (AvgIpc) is 3.27. The van der Waals surface area contributed by atoms with E-state index < -0.39 is 83.0 Å². The second-order valence-corrected chi connectivity index (χ2v) is 10.0. The minimum absolute atomic E-state index is 0.0432. The van der Waals surface area contributed by atoms with Gasteiger partial charge in [0.15, 0.2) is 6.10 Å². The smallest absolute Gasteiger partial charge is 0.340 e. The van der Waals surface area contributed by atoms with Gasteiger partial charge in [0.2, 0.25) is 6.29 Å². The molecule has 0 aromatic rings. The molecular formula is C24H26O11. The van der Waals surface area contributed by atoms with Gasteiger partial charge in [-0.15, -0.1) is 0 Å². The summed E-state index contributed by atoms with van der Waals surface area (Å²) >= 11 is 0. The highest BCUT2D eigenvalue weighted by Gasteiger charge is 2.73. The van der Waals surface area contributed by atoms with Gasteiger partial charge in [-0.1, -0.05) is 13.0 Å². The second-order valence-electron chi connectivity index (χ2n) is 10.0. The van der Waals surface area contributed by atoms with E-state index in [2.05, 4.69) is 0 Å². The summed E-state index contributed by atoms with van der Waals surface area (Å²) in [4.78, 5) is 62.8. The van der Waals surface area contributed by atoms with Crippen molar-refractivity contribution in [3.8, 4) is 0 Å². The Kier molecular flexibility index (Phi) is 5.31. The molecule has 1 unspecified atom stereocenters. The molecule has 2 saturated heterocycles. The van der Waals surface area contributed by atoms with Gasteiger partial charge >= 0.3 is 29.8 Å². The van der Waals surface area contributed by atoms with Crippen LogP contribution in [-0.4, -0.2) is 66.2 Å². The van der Waals surface area contributed by atoms with Crippen molar-refractivity contribution in [2.75, 3.05) is 6.61 Å². The largest absolute Gasteiger partial charge is 0.465 e. The van der Waals surface area contributed by atoms with E-state index in [0.29, 0.717) is 12.8 Å². The molecule has 11 nitrogen and oxygen atoms in total. The zero-order valence-corrected chi connectivity index (χ0v) is 19.4. The minimum atomic E-state index is -1.53. The molecule has 5 rings (SSSR count). The molecule has 188 valence electrons. The van der Waals surface area contributed by atoms with Gasteiger partial charge in [0, 0.05) is 30.6 Å². The van der Waals surface area contributed by atoms with Crippen LogP contribution in [0, 0.1) is 28.6 Å². The normalized spacial score (nSPS) is 43.6. The quantitative estimate of drug-likeness (QED) is 0.331. The van der Waals surface area contributed by atoms with Crippen LogP contribution in [0.2, 0.25) is 0 Å². The number of carbonyl (C=O) groups is 5. The monoisotopic (exact) mass is 490 g/mol. The number of aliphatic hydroxyl groups excluding tert-OH is 1. The average molecular weight is 490 g/mol. The van der Waals surface area contributed by atoms with E-state index in [1.165, 1.54) is 13.8 Å². The first kappa shape index (κ1) is 23.5. The molecule has 1 N–H and O–H groups in total. The van der Waals surface area contributed by atoms with E-state index >= 15 is 0 Å². The molecule has 1 spiro atoms. The van der Waals surface area contributed by atoms with Crippen LogP contribution >= 0.6 is 0 Å². The molecule has 3 heterocycles. The number of cyclic esters (lactones) is 3.